The summed E-state index contributed by atoms with van der Waals surface area (Å²) in [6.45, 7) is 15.8. The molecule has 4 N–H and O–H groups in total. The number of nitrogens with one attached hydrogen (secondary N) is 4. The maximum atomic E-state index is 14.3. The number of carbonyl (C=O) groups excluding carboxylic acids is 6. The molecule has 13 heteroatoms. The van der Waals surface area contributed by atoms with E-state index in [1.54, 1.807) is 0 Å². The van der Waals surface area contributed by atoms with Crippen LogP contribution in [0, 0.1) is 34.5 Å². The van der Waals surface area contributed by atoms with Crippen molar-refractivity contribution >= 4 is 35.7 Å². The van der Waals surface area contributed by atoms with Crippen molar-refractivity contribution in [1.82, 2.24) is 26.2 Å². The second-order valence-electron chi connectivity index (χ2n) is 15.6. The molecule has 268 valence electrons. The third-order valence-corrected chi connectivity index (χ3v) is 10.5. The largest absolute Gasteiger partial charge is 0.508 e. The van der Waals surface area contributed by atoms with Gasteiger partial charge in [0.2, 0.25) is 17.6 Å². The van der Waals surface area contributed by atoms with Gasteiger partial charge in [0, 0.05) is 13.1 Å². The lowest BCUT2D eigenvalue weighted by atomic mass is 9.80. The Labute approximate surface area is 284 Å². The molecule has 3 aliphatic carbocycles. The number of piperidine rings is 1. The van der Waals surface area contributed by atoms with Gasteiger partial charge in [-0.3, -0.25) is 19.2 Å². The first-order chi connectivity index (χ1) is 22.6. The highest BCUT2D eigenvalue weighted by Crippen LogP contribution is 2.65. The highest BCUT2D eigenvalue weighted by atomic mass is 16.7. The van der Waals surface area contributed by atoms with Crippen LogP contribution in [-0.4, -0.2) is 91.1 Å². The van der Waals surface area contributed by atoms with E-state index in [2.05, 4.69) is 41.7 Å². The summed E-state index contributed by atoms with van der Waals surface area (Å²) in [6, 6.07) is -3.91. The third-order valence-electron chi connectivity index (χ3n) is 10.5. The number of rotatable bonds is 16. The van der Waals surface area contributed by atoms with Gasteiger partial charge in [0.25, 0.3) is 5.91 Å². The fourth-order valence-electron chi connectivity index (χ4n) is 7.00. The van der Waals surface area contributed by atoms with Crippen molar-refractivity contribution in [2.24, 2.45) is 34.5 Å². The van der Waals surface area contributed by atoms with Gasteiger partial charge >= 0.3 is 12.2 Å². The minimum atomic E-state index is -1.04. The Bertz CT molecular complexity index is 1250. The molecule has 1 saturated heterocycles. The third kappa shape index (κ3) is 8.87. The van der Waals surface area contributed by atoms with Crippen LogP contribution in [0.4, 0.5) is 9.59 Å². The molecule has 0 radical (unpaired) electrons. The lowest BCUT2D eigenvalue weighted by molar-refractivity contribution is -0.145. The monoisotopic (exact) mass is 673 g/mol. The van der Waals surface area contributed by atoms with Crippen LogP contribution in [0.1, 0.15) is 86.5 Å². The molecular weight excluding hydrogens is 618 g/mol. The van der Waals surface area contributed by atoms with Gasteiger partial charge in [-0.1, -0.05) is 60.5 Å². The van der Waals surface area contributed by atoms with Gasteiger partial charge in [-0.2, -0.15) is 0 Å². The Morgan fingerprint density at radius 2 is 1.69 bits per heavy atom. The molecular formula is C35H55N5O8. The van der Waals surface area contributed by atoms with Gasteiger partial charge in [0.05, 0.1) is 18.7 Å². The first-order valence-corrected chi connectivity index (χ1v) is 17.5. The van der Waals surface area contributed by atoms with Crippen molar-refractivity contribution in [1.29, 1.82) is 0 Å². The summed E-state index contributed by atoms with van der Waals surface area (Å²) in [6.07, 6.45) is 6.40. The van der Waals surface area contributed by atoms with Gasteiger partial charge < -0.3 is 35.6 Å². The van der Waals surface area contributed by atoms with Crippen LogP contribution >= 0.6 is 0 Å². The van der Waals surface area contributed by atoms with E-state index < -0.39 is 65.3 Å². The van der Waals surface area contributed by atoms with Crippen molar-refractivity contribution in [2.45, 2.75) is 111 Å². The number of carbonyl (C=O) groups is 6. The molecule has 0 bridgehead atoms. The molecule has 4 aliphatic rings. The van der Waals surface area contributed by atoms with Gasteiger partial charge in [-0.05, 0) is 66.6 Å². The molecule has 6 atom stereocenters. The predicted octanol–water partition coefficient (Wildman–Crippen LogP) is 3.07. The number of nitrogens with zero attached hydrogens (tertiary/aromatic N) is 1. The van der Waals surface area contributed by atoms with Crippen molar-refractivity contribution in [3.63, 3.8) is 0 Å². The highest BCUT2D eigenvalue weighted by Gasteiger charge is 2.70. The first-order valence-electron chi connectivity index (χ1n) is 17.5. The van der Waals surface area contributed by atoms with Crippen molar-refractivity contribution in [3.8, 4) is 0 Å². The summed E-state index contributed by atoms with van der Waals surface area (Å²) < 4.78 is 10.5. The average molecular weight is 674 g/mol. The number of ketones is 1. The highest BCUT2D eigenvalue weighted by molar-refractivity contribution is 6.38. The molecule has 5 amide bonds. The molecule has 1 unspecified atom stereocenters. The van der Waals surface area contributed by atoms with Crippen LogP contribution < -0.4 is 21.3 Å². The van der Waals surface area contributed by atoms with Gasteiger partial charge in [0.15, 0.2) is 0 Å². The van der Waals surface area contributed by atoms with Crippen LogP contribution in [0.15, 0.2) is 12.7 Å². The summed E-state index contributed by atoms with van der Waals surface area (Å²) in [5, 5.41) is 11.1. The van der Waals surface area contributed by atoms with E-state index >= 15 is 0 Å². The normalized spacial score (nSPS) is 24.5. The van der Waals surface area contributed by atoms with E-state index in [0.29, 0.717) is 25.5 Å². The number of amides is 5. The summed E-state index contributed by atoms with van der Waals surface area (Å²) in [7, 11) is 0. The van der Waals surface area contributed by atoms with Crippen LogP contribution in [0.3, 0.4) is 0 Å². The molecule has 4 fully saturated rings. The van der Waals surface area contributed by atoms with E-state index in [0.717, 1.165) is 32.1 Å². The van der Waals surface area contributed by atoms with Crippen LogP contribution in [0.25, 0.3) is 0 Å². The van der Waals surface area contributed by atoms with Crippen molar-refractivity contribution in [2.75, 3.05) is 26.3 Å². The Morgan fingerprint density at radius 1 is 1.00 bits per heavy atom. The molecule has 13 nitrogen and oxygen atoms in total. The van der Waals surface area contributed by atoms with E-state index in [1.807, 2.05) is 27.7 Å². The van der Waals surface area contributed by atoms with Crippen LogP contribution in [0.5, 0.6) is 0 Å². The maximum Gasteiger partial charge on any atom is 0.508 e. The first kappa shape index (κ1) is 37.2. The van der Waals surface area contributed by atoms with Gasteiger partial charge in [0.1, 0.15) is 18.7 Å². The molecule has 0 aromatic carbocycles. The van der Waals surface area contributed by atoms with Crippen molar-refractivity contribution in [3.05, 3.63) is 12.7 Å². The summed E-state index contributed by atoms with van der Waals surface area (Å²) in [5.41, 5.74) is -0.918. The fourth-order valence-corrected chi connectivity index (χ4v) is 7.00. The molecule has 3 saturated carbocycles. The van der Waals surface area contributed by atoms with E-state index in [9.17, 15) is 28.8 Å². The molecule has 48 heavy (non-hydrogen) atoms. The standard InChI is InChI=1S/C35H55N5O8/c1-8-11-23(27(41)30(43)36-16-9-2)37-29(42)26-25-22(35(25,6)7)17-40(26)31(44)28(34(3,4)5)39-32(45)38-24(21-12-10-13-21)19-48-33(46)47-18-20-14-15-20/h9,20-26,28H,2,8,10-19H2,1,3-7H3,(H,36,43)(H,37,42)(H2,38,39,45)/t22-,23?,24+,25-,26-,28+/m0/s1. The van der Waals surface area contributed by atoms with E-state index in [1.165, 1.54) is 11.0 Å². The maximum absolute atomic E-state index is 14.3. The summed E-state index contributed by atoms with van der Waals surface area (Å²) in [4.78, 5) is 80.7. The molecule has 1 aliphatic heterocycles. The smallest absolute Gasteiger partial charge is 0.434 e. The van der Waals surface area contributed by atoms with Gasteiger partial charge in [-0.15, -0.1) is 6.58 Å². The Morgan fingerprint density at radius 3 is 2.25 bits per heavy atom. The number of likely N-dealkylation sites (tertiary alicyclic amines) is 1. The molecule has 0 aromatic rings. The molecule has 0 spiro atoms. The van der Waals surface area contributed by atoms with Crippen LogP contribution in [-0.2, 0) is 28.7 Å². The molecule has 0 aromatic heterocycles. The summed E-state index contributed by atoms with van der Waals surface area (Å²) >= 11 is 0. The number of ether oxygens (including phenoxy) is 2. The van der Waals surface area contributed by atoms with Crippen LogP contribution in [0.2, 0.25) is 0 Å². The Kier molecular flexibility index (Phi) is 11.8. The van der Waals surface area contributed by atoms with E-state index in [4.69, 9.17) is 9.47 Å². The predicted molar refractivity (Wildman–Crippen MR) is 177 cm³/mol. The zero-order chi connectivity index (χ0) is 35.4. The number of urea groups is 1. The SMILES string of the molecule is C=CCNC(=O)C(=O)C(CCC)NC(=O)[C@@H]1[C@@H]2[C@H](CN1C(=O)[C@@H](NC(=O)N[C@H](COC(=O)OCC1CC1)C1CCC1)C(C)(C)C)C2(C)C. The van der Waals surface area contributed by atoms with Gasteiger partial charge in [-0.25, -0.2) is 9.59 Å². The lowest BCUT2D eigenvalue weighted by Crippen LogP contribution is -2.62. The average Bonchev–Trinajstić information content (AvgIpc) is 3.86. The second-order valence-corrected chi connectivity index (χ2v) is 15.6. The Hall–Kier alpha value is -3.64. The molecule has 4 rings (SSSR count). The number of fused-ring (bicyclic) bond motifs is 1. The number of hydrogen-bond donors (Lipinski definition) is 4. The minimum Gasteiger partial charge on any atom is -0.434 e. The molecule has 1 heterocycles. The lowest BCUT2D eigenvalue weighted by Gasteiger charge is -2.39. The van der Waals surface area contributed by atoms with E-state index in [-0.39, 0.29) is 42.7 Å². The quantitative estimate of drug-likeness (QED) is 0.110. The zero-order valence-corrected chi connectivity index (χ0v) is 29.4. The summed E-state index contributed by atoms with van der Waals surface area (Å²) in [5.74, 6) is -1.97. The Balaban J connectivity index is 1.44. The fraction of sp³-hybridized carbons (Fsp3) is 0.771. The van der Waals surface area contributed by atoms with Crippen molar-refractivity contribution < 1.29 is 38.2 Å². The number of hydrogen-bond acceptors (Lipinski definition) is 8. The second kappa shape index (κ2) is 15.3. The topological polar surface area (TPSA) is 172 Å². The zero-order valence-electron chi connectivity index (χ0n) is 29.4. The minimum absolute atomic E-state index is 0.0359. The number of Topliss-reactive ketones (excluding diaryl/α,β-unsaturated/α-hetero) is 1.